The van der Waals surface area contributed by atoms with Crippen molar-refractivity contribution in [1.82, 2.24) is 4.72 Å². The second-order valence-corrected chi connectivity index (χ2v) is 8.43. The van der Waals surface area contributed by atoms with Gasteiger partial charge in [-0.3, -0.25) is 0 Å². The molecule has 0 saturated heterocycles. The van der Waals surface area contributed by atoms with Crippen LogP contribution in [-0.2, 0) is 10.0 Å². The van der Waals surface area contributed by atoms with Crippen molar-refractivity contribution < 1.29 is 13.2 Å². The lowest BCUT2D eigenvalue weighted by Crippen LogP contribution is -2.32. The molecule has 106 valence electrons. The molecule has 1 aromatic rings. The second-order valence-electron chi connectivity index (χ2n) is 4.51. The molecule has 0 radical (unpaired) electrons. The summed E-state index contributed by atoms with van der Waals surface area (Å²) < 4.78 is 33.3. The van der Waals surface area contributed by atoms with E-state index < -0.39 is 10.0 Å². The lowest BCUT2D eigenvalue weighted by molar-refractivity contribution is 0.402. The maximum absolute atomic E-state index is 12.3. The van der Waals surface area contributed by atoms with E-state index >= 15 is 0 Å². The van der Waals surface area contributed by atoms with Crippen LogP contribution in [0, 0.1) is 0 Å². The van der Waals surface area contributed by atoms with E-state index in [1.807, 2.05) is 6.26 Å². The molecule has 1 saturated carbocycles. The van der Waals surface area contributed by atoms with Crippen LogP contribution in [-0.4, -0.2) is 33.1 Å². The van der Waals surface area contributed by atoms with E-state index in [1.165, 1.54) is 7.11 Å². The van der Waals surface area contributed by atoms with Crippen molar-refractivity contribution in [3.63, 3.8) is 0 Å². The molecular weight excluding hydrogens is 350 g/mol. The Morgan fingerprint density at radius 3 is 2.68 bits per heavy atom. The number of rotatable bonds is 6. The van der Waals surface area contributed by atoms with Crippen molar-refractivity contribution in [2.24, 2.45) is 0 Å². The quantitative estimate of drug-likeness (QED) is 0.841. The molecular formula is C12H16BrNO3S2. The van der Waals surface area contributed by atoms with Crippen LogP contribution in [0.3, 0.4) is 0 Å². The van der Waals surface area contributed by atoms with Gasteiger partial charge in [-0.15, -0.1) is 0 Å². The number of ether oxygens (including phenoxy) is 1. The Hall–Kier alpha value is -0.240. The highest BCUT2D eigenvalue weighted by molar-refractivity contribution is 9.10. The summed E-state index contributed by atoms with van der Waals surface area (Å²) in [6, 6.07) is 4.95. The Bertz CT molecular complexity index is 570. The molecule has 0 atom stereocenters. The van der Waals surface area contributed by atoms with Gasteiger partial charge < -0.3 is 4.74 Å². The van der Waals surface area contributed by atoms with Gasteiger partial charge in [0, 0.05) is 15.8 Å². The largest absolute Gasteiger partial charge is 0.495 e. The van der Waals surface area contributed by atoms with Gasteiger partial charge in [0.1, 0.15) is 10.6 Å². The SMILES string of the molecule is COc1ccc(Br)cc1S(=O)(=O)NCC1(SC)CC1. The average Bonchev–Trinajstić information content (AvgIpc) is 3.17. The fraction of sp³-hybridized carbons (Fsp3) is 0.500. The topological polar surface area (TPSA) is 55.4 Å². The normalized spacial score (nSPS) is 17.2. The third-order valence-corrected chi connectivity index (χ3v) is 6.57. The Morgan fingerprint density at radius 2 is 2.16 bits per heavy atom. The third kappa shape index (κ3) is 3.45. The van der Waals surface area contributed by atoms with E-state index in [0.717, 1.165) is 12.8 Å². The van der Waals surface area contributed by atoms with Crippen LogP contribution in [0.25, 0.3) is 0 Å². The molecule has 4 nitrogen and oxygen atoms in total. The summed E-state index contributed by atoms with van der Waals surface area (Å²) in [5, 5.41) is 0. The van der Waals surface area contributed by atoms with E-state index in [0.29, 0.717) is 16.8 Å². The summed E-state index contributed by atoms with van der Waals surface area (Å²) in [6.45, 7) is 0.464. The van der Waals surface area contributed by atoms with Crippen molar-refractivity contribution in [2.45, 2.75) is 22.5 Å². The van der Waals surface area contributed by atoms with Gasteiger partial charge >= 0.3 is 0 Å². The van der Waals surface area contributed by atoms with Crippen molar-refractivity contribution in [3.05, 3.63) is 22.7 Å². The molecule has 2 rings (SSSR count). The van der Waals surface area contributed by atoms with E-state index in [4.69, 9.17) is 4.74 Å². The molecule has 0 heterocycles. The first-order chi connectivity index (χ1) is 8.92. The minimum atomic E-state index is -3.55. The highest BCUT2D eigenvalue weighted by Crippen LogP contribution is 2.46. The summed E-state index contributed by atoms with van der Waals surface area (Å²) in [5.41, 5.74) is 0. The minimum absolute atomic E-state index is 0.0896. The Morgan fingerprint density at radius 1 is 1.47 bits per heavy atom. The Balaban J connectivity index is 2.21. The molecule has 19 heavy (non-hydrogen) atoms. The summed E-state index contributed by atoms with van der Waals surface area (Å²) >= 11 is 5.00. The van der Waals surface area contributed by atoms with Gasteiger partial charge in [-0.05, 0) is 37.3 Å². The summed E-state index contributed by atoms with van der Waals surface area (Å²) in [5.74, 6) is 0.352. The van der Waals surface area contributed by atoms with Crippen molar-refractivity contribution >= 4 is 37.7 Å². The number of hydrogen-bond acceptors (Lipinski definition) is 4. The first kappa shape index (κ1) is 15.2. The lowest BCUT2D eigenvalue weighted by Gasteiger charge is -2.15. The highest BCUT2D eigenvalue weighted by Gasteiger charge is 2.42. The zero-order valence-electron chi connectivity index (χ0n) is 10.8. The van der Waals surface area contributed by atoms with Crippen molar-refractivity contribution in [1.29, 1.82) is 0 Å². The van der Waals surface area contributed by atoms with Gasteiger partial charge in [0.25, 0.3) is 0 Å². The van der Waals surface area contributed by atoms with Crippen molar-refractivity contribution in [3.8, 4) is 5.75 Å². The first-order valence-electron chi connectivity index (χ1n) is 5.81. The predicted octanol–water partition coefficient (Wildman–Crippen LogP) is 2.63. The Labute approximate surface area is 126 Å². The van der Waals surface area contributed by atoms with Crippen LogP contribution in [0.5, 0.6) is 5.75 Å². The van der Waals surface area contributed by atoms with Gasteiger partial charge in [0.15, 0.2) is 0 Å². The molecule has 1 fully saturated rings. The number of sulfonamides is 1. The average molecular weight is 366 g/mol. The number of hydrogen-bond donors (Lipinski definition) is 1. The number of halogens is 1. The van der Waals surface area contributed by atoms with Gasteiger partial charge in [0.05, 0.1) is 7.11 Å². The molecule has 1 N–H and O–H groups in total. The number of thioether (sulfide) groups is 1. The predicted molar refractivity (Wildman–Crippen MR) is 81.4 cm³/mol. The molecule has 1 aromatic carbocycles. The number of methoxy groups -OCH3 is 1. The van der Waals surface area contributed by atoms with Crippen LogP contribution in [0.4, 0.5) is 0 Å². The maximum atomic E-state index is 12.3. The fourth-order valence-electron chi connectivity index (χ4n) is 1.76. The van der Waals surface area contributed by atoms with Gasteiger partial charge in [-0.1, -0.05) is 15.9 Å². The highest BCUT2D eigenvalue weighted by atomic mass is 79.9. The summed E-state index contributed by atoms with van der Waals surface area (Å²) in [7, 11) is -2.08. The molecule has 1 aliphatic rings. The molecule has 7 heteroatoms. The van der Waals surface area contributed by atoms with Crippen LogP contribution >= 0.6 is 27.7 Å². The van der Waals surface area contributed by atoms with E-state index in [1.54, 1.807) is 30.0 Å². The zero-order valence-corrected chi connectivity index (χ0v) is 14.0. The molecule has 1 aliphatic carbocycles. The first-order valence-corrected chi connectivity index (χ1v) is 9.31. The van der Waals surface area contributed by atoms with Gasteiger partial charge in [0.2, 0.25) is 10.0 Å². The van der Waals surface area contributed by atoms with E-state index in [-0.39, 0.29) is 9.64 Å². The lowest BCUT2D eigenvalue weighted by atomic mass is 10.3. The van der Waals surface area contributed by atoms with Gasteiger partial charge in [-0.2, -0.15) is 11.8 Å². The second kappa shape index (κ2) is 5.63. The molecule has 0 aromatic heterocycles. The number of nitrogens with one attached hydrogen (secondary N) is 1. The fourth-order valence-corrected chi connectivity index (χ4v) is 4.41. The van der Waals surface area contributed by atoms with Crippen LogP contribution < -0.4 is 9.46 Å². The standard InChI is InChI=1S/C12H16BrNO3S2/c1-17-10-4-3-9(13)7-11(10)19(15,16)14-8-12(18-2)5-6-12/h3-4,7,14H,5-6,8H2,1-2H3. The molecule has 0 amide bonds. The zero-order chi connectivity index (χ0) is 14.1. The Kier molecular flexibility index (Phi) is 4.49. The summed E-state index contributed by atoms with van der Waals surface area (Å²) in [6.07, 6.45) is 4.14. The van der Waals surface area contributed by atoms with Crippen LogP contribution in [0.2, 0.25) is 0 Å². The smallest absolute Gasteiger partial charge is 0.244 e. The van der Waals surface area contributed by atoms with E-state index in [2.05, 4.69) is 20.7 Å². The third-order valence-electron chi connectivity index (χ3n) is 3.24. The van der Waals surface area contributed by atoms with Gasteiger partial charge in [-0.25, -0.2) is 13.1 Å². The molecule has 0 bridgehead atoms. The monoisotopic (exact) mass is 365 g/mol. The summed E-state index contributed by atoms with van der Waals surface area (Å²) in [4.78, 5) is 0.168. The van der Waals surface area contributed by atoms with Crippen LogP contribution in [0.1, 0.15) is 12.8 Å². The maximum Gasteiger partial charge on any atom is 0.244 e. The van der Waals surface area contributed by atoms with Crippen LogP contribution in [0.15, 0.2) is 27.6 Å². The number of benzene rings is 1. The molecule has 0 spiro atoms. The molecule has 0 unspecified atom stereocenters. The molecule has 0 aliphatic heterocycles. The van der Waals surface area contributed by atoms with Crippen molar-refractivity contribution in [2.75, 3.05) is 19.9 Å². The van der Waals surface area contributed by atoms with E-state index in [9.17, 15) is 8.42 Å². The minimum Gasteiger partial charge on any atom is -0.495 e.